The summed E-state index contributed by atoms with van der Waals surface area (Å²) < 4.78 is 0. The first-order valence-corrected chi connectivity index (χ1v) is 8.62. The Morgan fingerprint density at radius 2 is 1.92 bits per heavy atom. The van der Waals surface area contributed by atoms with E-state index in [1.807, 2.05) is 24.3 Å². The molecule has 24 heavy (non-hydrogen) atoms. The second-order valence-corrected chi connectivity index (χ2v) is 6.81. The van der Waals surface area contributed by atoms with Crippen LogP contribution in [-0.4, -0.2) is 34.1 Å². The van der Waals surface area contributed by atoms with Crippen LogP contribution >= 0.6 is 0 Å². The number of rotatable bonds is 2. The van der Waals surface area contributed by atoms with E-state index in [-0.39, 0.29) is 12.1 Å². The number of aromatic nitrogens is 1. The van der Waals surface area contributed by atoms with Gasteiger partial charge in [-0.25, -0.2) is 0 Å². The Morgan fingerprint density at radius 3 is 2.58 bits per heavy atom. The second kappa shape index (κ2) is 6.35. The van der Waals surface area contributed by atoms with E-state index >= 15 is 0 Å². The zero-order valence-electron chi connectivity index (χ0n) is 13.6. The van der Waals surface area contributed by atoms with E-state index in [4.69, 9.17) is 5.26 Å². The van der Waals surface area contributed by atoms with Gasteiger partial charge in [-0.3, -0.25) is 9.88 Å². The van der Waals surface area contributed by atoms with Gasteiger partial charge >= 0.3 is 0 Å². The first-order valence-electron chi connectivity index (χ1n) is 8.62. The molecule has 2 heterocycles. The third-order valence-corrected chi connectivity index (χ3v) is 5.50. The van der Waals surface area contributed by atoms with E-state index in [2.05, 4.69) is 28.1 Å². The first-order chi connectivity index (χ1) is 11.8. The highest BCUT2D eigenvalue weighted by Crippen LogP contribution is 2.37. The average molecular weight is 319 g/mol. The minimum atomic E-state index is -0.370. The van der Waals surface area contributed by atoms with Crippen LogP contribution in [0.5, 0.6) is 0 Å². The van der Waals surface area contributed by atoms with Gasteiger partial charge in [-0.1, -0.05) is 24.3 Å². The molecule has 0 saturated carbocycles. The Hall–Kier alpha value is -2.22. The summed E-state index contributed by atoms with van der Waals surface area (Å²) in [5, 5.41) is 19.5. The number of aliphatic hydroxyl groups is 1. The molecule has 0 spiro atoms. The van der Waals surface area contributed by atoms with Crippen molar-refractivity contribution in [3.8, 4) is 6.07 Å². The monoisotopic (exact) mass is 319 g/mol. The van der Waals surface area contributed by atoms with Crippen LogP contribution in [0, 0.1) is 11.3 Å². The van der Waals surface area contributed by atoms with Crippen molar-refractivity contribution in [2.45, 2.75) is 37.3 Å². The van der Waals surface area contributed by atoms with Gasteiger partial charge in [0.05, 0.1) is 11.7 Å². The molecule has 2 atom stereocenters. The molecule has 2 aromatic rings. The molecule has 1 fully saturated rings. The molecule has 4 rings (SSSR count). The van der Waals surface area contributed by atoms with E-state index in [1.165, 1.54) is 5.56 Å². The standard InChI is InChI=1S/C20H21N3O/c21-12-14-5-6-18(22-13-14)15-7-9-23(10-8-15)19-11-16-3-1-2-4-17(16)20(19)24/h1-6,13,15,19-20,24H,7-11H2. The van der Waals surface area contributed by atoms with Crippen LogP contribution in [0.4, 0.5) is 0 Å². The molecular weight excluding hydrogens is 298 g/mol. The lowest BCUT2D eigenvalue weighted by Gasteiger charge is -2.37. The number of fused-ring (bicyclic) bond motifs is 1. The molecule has 4 nitrogen and oxygen atoms in total. The highest BCUT2D eigenvalue weighted by atomic mass is 16.3. The third-order valence-electron chi connectivity index (χ3n) is 5.50. The van der Waals surface area contributed by atoms with Crippen molar-refractivity contribution < 1.29 is 5.11 Å². The predicted molar refractivity (Wildman–Crippen MR) is 91.4 cm³/mol. The Kier molecular flexibility index (Phi) is 4.05. The lowest BCUT2D eigenvalue weighted by atomic mass is 9.91. The summed E-state index contributed by atoms with van der Waals surface area (Å²) in [5.41, 5.74) is 4.08. The highest BCUT2D eigenvalue weighted by molar-refractivity contribution is 5.36. The van der Waals surface area contributed by atoms with Crippen molar-refractivity contribution in [1.82, 2.24) is 9.88 Å². The van der Waals surface area contributed by atoms with Gasteiger partial charge in [-0.15, -0.1) is 0 Å². The maximum atomic E-state index is 10.6. The molecule has 1 aliphatic carbocycles. The molecule has 1 aromatic heterocycles. The summed E-state index contributed by atoms with van der Waals surface area (Å²) in [4.78, 5) is 6.89. The minimum Gasteiger partial charge on any atom is -0.387 e. The van der Waals surface area contributed by atoms with Gasteiger partial charge in [-0.2, -0.15) is 5.26 Å². The summed E-state index contributed by atoms with van der Waals surface area (Å²) in [6.07, 6.45) is 4.35. The number of benzene rings is 1. The highest BCUT2D eigenvalue weighted by Gasteiger charge is 2.36. The quantitative estimate of drug-likeness (QED) is 0.924. The summed E-state index contributed by atoms with van der Waals surface area (Å²) >= 11 is 0. The van der Waals surface area contributed by atoms with Crippen LogP contribution in [0.25, 0.3) is 0 Å². The van der Waals surface area contributed by atoms with Gasteiger partial charge in [0, 0.05) is 23.9 Å². The number of hydrogen-bond donors (Lipinski definition) is 1. The van der Waals surface area contributed by atoms with Crippen molar-refractivity contribution >= 4 is 0 Å². The maximum absolute atomic E-state index is 10.6. The van der Waals surface area contributed by atoms with Crippen LogP contribution in [-0.2, 0) is 6.42 Å². The van der Waals surface area contributed by atoms with Crippen molar-refractivity contribution in [1.29, 1.82) is 5.26 Å². The molecule has 1 aromatic carbocycles. The zero-order chi connectivity index (χ0) is 16.5. The molecule has 0 amide bonds. The van der Waals surface area contributed by atoms with Crippen LogP contribution in [0.1, 0.15) is 47.2 Å². The number of likely N-dealkylation sites (tertiary alicyclic amines) is 1. The van der Waals surface area contributed by atoms with Crippen molar-refractivity contribution in [3.05, 3.63) is 65.0 Å². The predicted octanol–water partition coefficient (Wildman–Crippen LogP) is 2.79. The fraction of sp³-hybridized carbons (Fsp3) is 0.400. The van der Waals surface area contributed by atoms with Crippen LogP contribution in [0.3, 0.4) is 0 Å². The van der Waals surface area contributed by atoms with Gasteiger partial charge in [0.1, 0.15) is 6.07 Å². The van der Waals surface area contributed by atoms with Crippen LogP contribution < -0.4 is 0 Å². The maximum Gasteiger partial charge on any atom is 0.101 e. The van der Waals surface area contributed by atoms with Crippen LogP contribution in [0.15, 0.2) is 42.6 Å². The SMILES string of the molecule is N#Cc1ccc(C2CCN(C3Cc4ccccc4C3O)CC2)nc1. The molecule has 0 bridgehead atoms. The molecule has 122 valence electrons. The summed E-state index contributed by atoms with van der Waals surface area (Å²) in [6.45, 7) is 1.98. The molecule has 1 N–H and O–H groups in total. The van der Waals surface area contributed by atoms with E-state index in [0.29, 0.717) is 11.5 Å². The fourth-order valence-electron chi connectivity index (χ4n) is 4.12. The number of nitriles is 1. The minimum absolute atomic E-state index is 0.206. The van der Waals surface area contributed by atoms with E-state index < -0.39 is 0 Å². The van der Waals surface area contributed by atoms with Gasteiger partial charge < -0.3 is 5.11 Å². The Labute approximate surface area is 142 Å². The fourth-order valence-corrected chi connectivity index (χ4v) is 4.12. The summed E-state index contributed by atoms with van der Waals surface area (Å²) in [6, 6.07) is 14.4. The van der Waals surface area contributed by atoms with Gasteiger partial charge in [0.25, 0.3) is 0 Å². The van der Waals surface area contributed by atoms with Crippen molar-refractivity contribution in [2.24, 2.45) is 0 Å². The summed E-state index contributed by atoms with van der Waals surface area (Å²) in [7, 11) is 0. The van der Waals surface area contributed by atoms with Crippen molar-refractivity contribution in [2.75, 3.05) is 13.1 Å². The van der Waals surface area contributed by atoms with Crippen LogP contribution in [0.2, 0.25) is 0 Å². The number of nitrogens with zero attached hydrogens (tertiary/aromatic N) is 3. The number of hydrogen-bond acceptors (Lipinski definition) is 4. The second-order valence-electron chi connectivity index (χ2n) is 6.81. The molecule has 2 aliphatic rings. The molecule has 2 unspecified atom stereocenters. The zero-order valence-corrected chi connectivity index (χ0v) is 13.6. The topological polar surface area (TPSA) is 60.2 Å². The summed E-state index contributed by atoms with van der Waals surface area (Å²) in [5.74, 6) is 0.454. The molecular formula is C20H21N3O. The molecule has 1 saturated heterocycles. The third kappa shape index (κ3) is 2.71. The first kappa shape index (κ1) is 15.3. The Balaban J connectivity index is 1.41. The Morgan fingerprint density at radius 1 is 1.12 bits per heavy atom. The van der Waals surface area contributed by atoms with E-state index in [9.17, 15) is 5.11 Å². The van der Waals surface area contributed by atoms with E-state index in [1.54, 1.807) is 6.20 Å². The number of pyridine rings is 1. The lowest BCUT2D eigenvalue weighted by molar-refractivity contribution is 0.0455. The molecule has 1 aliphatic heterocycles. The van der Waals surface area contributed by atoms with E-state index in [0.717, 1.165) is 43.6 Å². The average Bonchev–Trinajstić information content (AvgIpc) is 2.99. The van der Waals surface area contributed by atoms with Crippen molar-refractivity contribution in [3.63, 3.8) is 0 Å². The smallest absolute Gasteiger partial charge is 0.101 e. The Bertz CT molecular complexity index is 757. The van der Waals surface area contributed by atoms with Gasteiger partial charge in [0.2, 0.25) is 0 Å². The van der Waals surface area contributed by atoms with Gasteiger partial charge in [0.15, 0.2) is 0 Å². The van der Waals surface area contributed by atoms with Gasteiger partial charge in [-0.05, 0) is 55.6 Å². The largest absolute Gasteiger partial charge is 0.387 e. The number of aliphatic hydroxyl groups excluding tert-OH is 1. The number of piperidine rings is 1. The normalized spacial score (nSPS) is 24.5. The molecule has 0 radical (unpaired) electrons. The lowest BCUT2D eigenvalue weighted by Crippen LogP contribution is -2.43. The molecule has 4 heteroatoms.